The summed E-state index contributed by atoms with van der Waals surface area (Å²) in [5, 5.41) is 21.3. The number of alkyl halides is 3. The first kappa shape index (κ1) is 31.1. The number of carbonyl (C=O) groups excluding carboxylic acids is 1. The van der Waals surface area contributed by atoms with Crippen LogP contribution in [0.2, 0.25) is 0 Å². The van der Waals surface area contributed by atoms with Crippen molar-refractivity contribution in [3.05, 3.63) is 95.1 Å². The maximum atomic E-state index is 11.9. The van der Waals surface area contributed by atoms with Gasteiger partial charge in [-0.1, -0.05) is 108 Å². The third-order valence-corrected chi connectivity index (χ3v) is 8.35. The summed E-state index contributed by atoms with van der Waals surface area (Å²) in [6.07, 6.45) is -0.821. The molecule has 3 aromatic carbocycles. The maximum Gasteiger partial charge on any atom is 0.272 e. The van der Waals surface area contributed by atoms with Crippen molar-refractivity contribution in [1.82, 2.24) is 5.32 Å². The van der Waals surface area contributed by atoms with Crippen LogP contribution in [-0.2, 0) is 27.4 Å². The van der Waals surface area contributed by atoms with Crippen LogP contribution in [-0.4, -0.2) is 44.1 Å². The Labute approximate surface area is 253 Å². The van der Waals surface area contributed by atoms with Gasteiger partial charge in [0, 0.05) is 29.5 Å². The molecule has 1 heterocycles. The molecule has 3 aromatic rings. The van der Waals surface area contributed by atoms with Gasteiger partial charge in [-0.25, -0.2) is 0 Å². The van der Waals surface area contributed by atoms with Crippen LogP contribution in [0.25, 0.3) is 11.1 Å². The maximum absolute atomic E-state index is 11.9. The van der Waals surface area contributed by atoms with E-state index >= 15 is 0 Å². The van der Waals surface area contributed by atoms with Crippen molar-refractivity contribution in [2.75, 3.05) is 18.1 Å². The van der Waals surface area contributed by atoms with Crippen LogP contribution in [0, 0.1) is 5.92 Å². The fraction of sp³-hybridized carbons (Fsp3) is 0.367. The lowest BCUT2D eigenvalue weighted by Gasteiger charge is -2.41. The molecular formula is C30H32Cl3NO5S. The summed E-state index contributed by atoms with van der Waals surface area (Å²) < 4.78 is 10.9. The van der Waals surface area contributed by atoms with Gasteiger partial charge in [0.05, 0.1) is 25.4 Å². The molecule has 0 radical (unpaired) electrons. The second-order valence-electron chi connectivity index (χ2n) is 9.62. The Balaban J connectivity index is 1.51. The minimum atomic E-state index is -2.01. The van der Waals surface area contributed by atoms with Crippen LogP contribution in [0.1, 0.15) is 41.6 Å². The smallest absolute Gasteiger partial charge is 0.272 e. The van der Waals surface area contributed by atoms with Crippen molar-refractivity contribution < 1.29 is 24.5 Å². The summed E-state index contributed by atoms with van der Waals surface area (Å²) in [5.41, 5.74) is 5.62. The van der Waals surface area contributed by atoms with Crippen LogP contribution in [0.5, 0.6) is 0 Å². The van der Waals surface area contributed by atoms with Crippen LogP contribution in [0.4, 0.5) is 0 Å². The van der Waals surface area contributed by atoms with E-state index in [0.717, 1.165) is 39.1 Å². The lowest BCUT2D eigenvalue weighted by molar-refractivity contribution is -0.268. The molecule has 0 bridgehead atoms. The number of rotatable bonds is 10. The van der Waals surface area contributed by atoms with Crippen molar-refractivity contribution in [3.63, 3.8) is 0 Å². The van der Waals surface area contributed by atoms with Gasteiger partial charge in [0.2, 0.25) is 0 Å². The Morgan fingerprint density at radius 3 is 2.27 bits per heavy atom. The third kappa shape index (κ3) is 8.14. The molecule has 3 N–H and O–H groups in total. The highest BCUT2D eigenvalue weighted by Crippen LogP contribution is 2.42. The first-order valence-electron chi connectivity index (χ1n) is 12.9. The molecule has 1 aliphatic heterocycles. The molecule has 4 atom stereocenters. The van der Waals surface area contributed by atoms with Gasteiger partial charge in [-0.05, 0) is 33.9 Å². The first-order valence-corrected chi connectivity index (χ1v) is 15.2. The van der Waals surface area contributed by atoms with Gasteiger partial charge in [-0.15, -0.1) is 0 Å². The second-order valence-corrected chi connectivity index (χ2v) is 13.1. The van der Waals surface area contributed by atoms with E-state index in [2.05, 4.69) is 12.2 Å². The van der Waals surface area contributed by atoms with E-state index in [1.807, 2.05) is 72.8 Å². The largest absolute Gasteiger partial charge is 0.396 e. The molecular weight excluding hydrogens is 593 g/mol. The van der Waals surface area contributed by atoms with Gasteiger partial charge in [0.25, 0.3) is 9.70 Å². The Bertz CT molecular complexity index is 1250. The summed E-state index contributed by atoms with van der Waals surface area (Å²) in [4.78, 5) is 11.9. The minimum Gasteiger partial charge on any atom is -0.396 e. The second kappa shape index (κ2) is 14.4. The number of benzene rings is 3. The molecule has 1 amide bonds. The summed E-state index contributed by atoms with van der Waals surface area (Å²) in [6.45, 7) is 2.47. The molecule has 0 aliphatic carbocycles. The summed E-state index contributed by atoms with van der Waals surface area (Å²) >= 11 is 18.6. The SMILES string of the molecule is C[C@H]1[C@@H](CSCCO)O[C@@H](c2ccc(-c3cccc(CNC(=O)C(Cl)(Cl)Cl)c3)cc2)O[C@H]1c1ccc(CO)cc1. The van der Waals surface area contributed by atoms with Gasteiger partial charge in [-0.3, -0.25) is 4.79 Å². The van der Waals surface area contributed by atoms with E-state index in [0.29, 0.717) is 5.75 Å². The number of hydrogen-bond donors (Lipinski definition) is 3. The Morgan fingerprint density at radius 2 is 1.62 bits per heavy atom. The predicted octanol–water partition coefficient (Wildman–Crippen LogP) is 6.35. The monoisotopic (exact) mass is 623 g/mol. The van der Waals surface area contributed by atoms with Crippen LogP contribution in [0.3, 0.4) is 0 Å². The molecule has 1 fully saturated rings. The Morgan fingerprint density at radius 1 is 0.925 bits per heavy atom. The highest BCUT2D eigenvalue weighted by Gasteiger charge is 2.38. The predicted molar refractivity (Wildman–Crippen MR) is 161 cm³/mol. The number of aliphatic hydroxyl groups excluding tert-OH is 2. The number of nitrogens with one attached hydrogen (secondary N) is 1. The van der Waals surface area contributed by atoms with Gasteiger partial charge in [0.1, 0.15) is 0 Å². The molecule has 1 saturated heterocycles. The molecule has 1 aliphatic rings. The first-order chi connectivity index (χ1) is 19.2. The van der Waals surface area contributed by atoms with Gasteiger partial charge >= 0.3 is 0 Å². The molecule has 10 heteroatoms. The van der Waals surface area contributed by atoms with Crippen molar-refractivity contribution in [1.29, 1.82) is 0 Å². The number of hydrogen-bond acceptors (Lipinski definition) is 6. The average molecular weight is 625 g/mol. The molecule has 40 heavy (non-hydrogen) atoms. The minimum absolute atomic E-state index is 0.00757. The highest BCUT2D eigenvalue weighted by molar-refractivity contribution is 7.99. The van der Waals surface area contributed by atoms with E-state index in [9.17, 15) is 15.0 Å². The normalized spacial score (nSPS) is 21.2. The van der Waals surface area contributed by atoms with Crippen molar-refractivity contribution in [3.8, 4) is 11.1 Å². The molecule has 0 spiro atoms. The van der Waals surface area contributed by atoms with Crippen LogP contribution >= 0.6 is 46.6 Å². The van der Waals surface area contributed by atoms with E-state index in [4.69, 9.17) is 44.3 Å². The van der Waals surface area contributed by atoms with E-state index < -0.39 is 16.0 Å². The lowest BCUT2D eigenvalue weighted by Crippen LogP contribution is -2.38. The number of thioether (sulfide) groups is 1. The topological polar surface area (TPSA) is 88.0 Å². The fourth-order valence-electron chi connectivity index (χ4n) is 4.55. The number of ether oxygens (including phenoxy) is 2. The Hall–Kier alpha value is -1.81. The Kier molecular flexibility index (Phi) is 11.2. The van der Waals surface area contributed by atoms with Gasteiger partial charge in [-0.2, -0.15) is 11.8 Å². The number of aliphatic hydroxyl groups is 2. The number of carbonyl (C=O) groups is 1. The number of amides is 1. The average Bonchev–Trinajstić information content (AvgIpc) is 2.96. The van der Waals surface area contributed by atoms with Crippen molar-refractivity contribution in [2.24, 2.45) is 5.92 Å². The van der Waals surface area contributed by atoms with Crippen molar-refractivity contribution in [2.45, 2.75) is 42.4 Å². The van der Waals surface area contributed by atoms with Crippen LogP contribution < -0.4 is 5.32 Å². The standard InChI is InChI=1S/C30H32Cl3NO5S/c1-19-26(18-40-14-13-35)38-28(39-27(19)23-7-5-20(17-36)6-8-23)24-11-9-22(10-12-24)25-4-2-3-21(15-25)16-34-29(37)30(31,32)33/h2-12,15,19,26-28,35-36H,13-14,16-18H2,1H3,(H,34,37)/t19-,26+,27+,28+/m0/s1. The number of halogens is 3. The van der Waals surface area contributed by atoms with Gasteiger partial charge < -0.3 is 25.0 Å². The molecule has 0 aromatic heterocycles. The van der Waals surface area contributed by atoms with Gasteiger partial charge in [0.15, 0.2) is 6.29 Å². The lowest BCUT2D eigenvalue weighted by atomic mass is 9.91. The zero-order valence-corrected chi connectivity index (χ0v) is 25.0. The van der Waals surface area contributed by atoms with E-state index in [1.54, 1.807) is 11.8 Å². The summed E-state index contributed by atoms with van der Waals surface area (Å²) in [6, 6.07) is 23.6. The fourth-order valence-corrected chi connectivity index (χ4v) is 5.66. The molecule has 214 valence electrons. The quantitative estimate of drug-likeness (QED) is 0.180. The molecule has 6 nitrogen and oxygen atoms in total. The van der Waals surface area contributed by atoms with Crippen LogP contribution in [0.15, 0.2) is 72.8 Å². The third-order valence-electron chi connectivity index (χ3n) is 6.79. The summed E-state index contributed by atoms with van der Waals surface area (Å²) in [5.74, 6) is 0.804. The van der Waals surface area contributed by atoms with Crippen molar-refractivity contribution >= 4 is 52.5 Å². The molecule has 0 saturated carbocycles. The zero-order valence-electron chi connectivity index (χ0n) is 21.9. The zero-order chi connectivity index (χ0) is 28.7. The van der Waals surface area contributed by atoms with E-state index in [-0.39, 0.29) is 37.9 Å². The molecule has 0 unspecified atom stereocenters. The molecule has 4 rings (SSSR count). The summed E-state index contributed by atoms with van der Waals surface area (Å²) in [7, 11) is 0. The highest BCUT2D eigenvalue weighted by atomic mass is 35.6. The van der Waals surface area contributed by atoms with E-state index in [1.165, 1.54) is 0 Å².